The Morgan fingerprint density at radius 2 is 1.23 bits per heavy atom. The predicted octanol–water partition coefficient (Wildman–Crippen LogP) is 10.7. The first-order valence-electron chi connectivity index (χ1n) is 23.0. The lowest BCUT2D eigenvalue weighted by molar-refractivity contribution is -0.137. The molecule has 1 saturated heterocycles. The number of aryl methyl sites for hydroxylation is 5. The summed E-state index contributed by atoms with van der Waals surface area (Å²) in [5.41, 5.74) is 5.60. The first kappa shape index (κ1) is 47.4. The molecule has 1 aliphatic heterocycles. The zero-order valence-electron chi connectivity index (χ0n) is 38.8. The van der Waals surface area contributed by atoms with Gasteiger partial charge in [-0.15, -0.1) is 0 Å². The molecule has 8 rings (SSSR count). The molecule has 5 heterocycles. The van der Waals surface area contributed by atoms with Crippen LogP contribution in [-0.2, 0) is 24.1 Å². The van der Waals surface area contributed by atoms with Crippen molar-refractivity contribution in [2.75, 3.05) is 22.9 Å². The van der Waals surface area contributed by atoms with Gasteiger partial charge in [-0.3, -0.25) is 4.90 Å². The third-order valence-electron chi connectivity index (χ3n) is 13.1. The lowest BCUT2D eigenvalue weighted by atomic mass is 9.94. The van der Waals surface area contributed by atoms with Gasteiger partial charge in [0.2, 0.25) is 0 Å². The number of halogens is 3. The van der Waals surface area contributed by atoms with Crippen molar-refractivity contribution in [3.05, 3.63) is 81.6 Å². The number of rotatable bonds is 12. The predicted molar refractivity (Wildman–Crippen MR) is 240 cm³/mol. The van der Waals surface area contributed by atoms with E-state index in [0.29, 0.717) is 63.3 Å². The maximum absolute atomic E-state index is 13.5. The molecule has 0 bridgehead atoms. The number of nitrogens with zero attached hydrogens (tertiary/aromatic N) is 9. The van der Waals surface area contributed by atoms with Crippen molar-refractivity contribution in [3.8, 4) is 22.5 Å². The van der Waals surface area contributed by atoms with Crippen LogP contribution in [0.3, 0.4) is 0 Å². The fourth-order valence-electron chi connectivity index (χ4n) is 9.88. The van der Waals surface area contributed by atoms with Crippen LogP contribution in [-0.4, -0.2) is 77.6 Å². The van der Waals surface area contributed by atoms with Crippen LogP contribution in [0.4, 0.5) is 29.6 Å². The second kappa shape index (κ2) is 20.3. The number of amides is 1. The number of aliphatic hydroxyl groups excluding tert-OH is 1. The number of carbonyl (C=O) groups excluding carboxylic acids is 1. The zero-order valence-corrected chi connectivity index (χ0v) is 38.8. The largest absolute Gasteiger partial charge is 0.439 e. The van der Waals surface area contributed by atoms with Gasteiger partial charge in [0.05, 0.1) is 71.1 Å². The molecule has 0 spiro atoms. The van der Waals surface area contributed by atoms with Gasteiger partial charge in [0, 0.05) is 25.2 Å². The summed E-state index contributed by atoms with van der Waals surface area (Å²) in [4.78, 5) is 38.5. The minimum atomic E-state index is -4.50. The van der Waals surface area contributed by atoms with Crippen LogP contribution in [0, 0.1) is 34.6 Å². The molecule has 14 nitrogen and oxygen atoms in total. The highest BCUT2D eigenvalue weighted by atomic mass is 19.4. The molecule has 5 aromatic rings. The standard InChI is InChI=1S/C30H36F3N5O3.C18H26N4O2/c1-6-37(23-10-8-7-9-11-23)28-25(35-24(15-34-28)26-18(3)36-41-20(26)5)16-38-19(4)27(40-29(38)39)21-12-17(2)13-22(14-21)30(31,32)33;1-4-22(14-8-6-5-7-9-14)18-16(11-23)20-15(10-19-18)17-12(2)21-24-13(17)3/h12-15,19,23,27H,6-11,16H2,1-5H3;10,14,23H,4-9,11H2,1-3H3/t19-,27-;/m0./s1. The molecule has 3 fully saturated rings. The highest BCUT2D eigenvalue weighted by Crippen LogP contribution is 2.39. The Labute approximate surface area is 379 Å². The van der Waals surface area contributed by atoms with Gasteiger partial charge in [-0.2, -0.15) is 13.2 Å². The van der Waals surface area contributed by atoms with E-state index in [1.807, 2.05) is 27.7 Å². The van der Waals surface area contributed by atoms with E-state index in [1.165, 1.54) is 43.4 Å². The fraction of sp³-hybridized carbons (Fsp3) is 0.562. The number of alkyl halides is 3. The highest BCUT2D eigenvalue weighted by Gasteiger charge is 2.42. The molecule has 0 unspecified atom stereocenters. The average Bonchev–Trinajstić information content (AvgIpc) is 3.92. The number of carbonyl (C=O) groups is 1. The zero-order chi connectivity index (χ0) is 46.6. The Balaban J connectivity index is 0.000000223. The molecule has 3 aliphatic rings. The maximum Gasteiger partial charge on any atom is 0.416 e. The second-order valence-corrected chi connectivity index (χ2v) is 17.6. The summed E-state index contributed by atoms with van der Waals surface area (Å²) in [5, 5.41) is 17.9. The molecule has 0 radical (unpaired) electrons. The first-order valence-corrected chi connectivity index (χ1v) is 23.0. The number of ether oxygens (including phenoxy) is 1. The van der Waals surface area contributed by atoms with Crippen LogP contribution < -0.4 is 9.80 Å². The number of anilines is 2. The number of hydrogen-bond donors (Lipinski definition) is 1. The van der Waals surface area contributed by atoms with Crippen molar-refractivity contribution in [2.24, 2.45) is 0 Å². The summed E-state index contributed by atoms with van der Waals surface area (Å²) in [7, 11) is 0. The molecule has 350 valence electrons. The van der Waals surface area contributed by atoms with Gasteiger partial charge in [0.25, 0.3) is 0 Å². The van der Waals surface area contributed by atoms with E-state index < -0.39 is 30.0 Å². The van der Waals surface area contributed by atoms with Gasteiger partial charge in [0.15, 0.2) is 11.6 Å². The van der Waals surface area contributed by atoms with Gasteiger partial charge in [-0.05, 0) is 98.8 Å². The van der Waals surface area contributed by atoms with Gasteiger partial charge in [0.1, 0.15) is 29.0 Å². The van der Waals surface area contributed by atoms with Crippen molar-refractivity contribution in [1.82, 2.24) is 35.1 Å². The third kappa shape index (κ3) is 10.3. The minimum absolute atomic E-state index is 0.0945. The monoisotopic (exact) mass is 901 g/mol. The van der Waals surface area contributed by atoms with Crippen LogP contribution in [0.15, 0.2) is 39.6 Å². The molecule has 2 atom stereocenters. The third-order valence-corrected chi connectivity index (χ3v) is 13.1. The lowest BCUT2D eigenvalue weighted by Gasteiger charge is -2.35. The fourth-order valence-corrected chi connectivity index (χ4v) is 9.88. The normalized spacial score (nSPS) is 18.4. The van der Waals surface area contributed by atoms with Gasteiger partial charge in [-0.1, -0.05) is 60.5 Å². The van der Waals surface area contributed by atoms with E-state index in [9.17, 15) is 23.1 Å². The molecule has 2 aliphatic carbocycles. The molecular formula is C48H62F3N9O5. The number of hydrogen-bond acceptors (Lipinski definition) is 13. The molecule has 1 amide bonds. The number of cyclic esters (lactones) is 1. The second-order valence-electron chi connectivity index (χ2n) is 17.6. The van der Waals surface area contributed by atoms with Crippen LogP contribution in [0.5, 0.6) is 0 Å². The molecule has 2 saturated carbocycles. The van der Waals surface area contributed by atoms with Crippen molar-refractivity contribution in [1.29, 1.82) is 0 Å². The van der Waals surface area contributed by atoms with E-state index in [-0.39, 0.29) is 13.2 Å². The van der Waals surface area contributed by atoms with Crippen molar-refractivity contribution in [2.45, 2.75) is 163 Å². The Hall–Kier alpha value is -5.58. The molecule has 1 N–H and O–H groups in total. The van der Waals surface area contributed by atoms with Crippen molar-refractivity contribution >= 4 is 17.7 Å². The van der Waals surface area contributed by atoms with Gasteiger partial charge in [-0.25, -0.2) is 24.7 Å². The van der Waals surface area contributed by atoms with E-state index in [1.54, 1.807) is 32.3 Å². The van der Waals surface area contributed by atoms with Crippen molar-refractivity contribution in [3.63, 3.8) is 0 Å². The Kier molecular flexibility index (Phi) is 14.8. The maximum atomic E-state index is 13.5. The molecule has 1 aromatic carbocycles. The smallest absolute Gasteiger partial charge is 0.416 e. The highest BCUT2D eigenvalue weighted by molar-refractivity contribution is 5.72. The summed E-state index contributed by atoms with van der Waals surface area (Å²) < 4.78 is 56.9. The summed E-state index contributed by atoms with van der Waals surface area (Å²) in [5.74, 6) is 2.85. The van der Waals surface area contributed by atoms with E-state index in [2.05, 4.69) is 43.9 Å². The van der Waals surface area contributed by atoms with Crippen LogP contribution >= 0.6 is 0 Å². The molecule has 4 aromatic heterocycles. The van der Waals surface area contributed by atoms with E-state index in [0.717, 1.165) is 79.3 Å². The Bertz CT molecular complexity index is 2390. The van der Waals surface area contributed by atoms with Gasteiger partial charge >= 0.3 is 12.3 Å². The summed E-state index contributed by atoms with van der Waals surface area (Å²) in [6.07, 6.45) is 9.37. The first-order chi connectivity index (χ1) is 31.1. The lowest BCUT2D eigenvalue weighted by Crippen LogP contribution is -2.39. The minimum Gasteiger partial charge on any atom is -0.439 e. The molecular weight excluding hydrogens is 840 g/mol. The van der Waals surface area contributed by atoms with Crippen LogP contribution in [0.25, 0.3) is 22.5 Å². The number of aromatic nitrogens is 6. The number of aliphatic hydroxyl groups is 1. The number of benzene rings is 1. The summed E-state index contributed by atoms with van der Waals surface area (Å²) >= 11 is 0. The summed E-state index contributed by atoms with van der Waals surface area (Å²) in [6.45, 7) is 16.6. The average molecular weight is 902 g/mol. The summed E-state index contributed by atoms with van der Waals surface area (Å²) in [6, 6.07) is 4.07. The van der Waals surface area contributed by atoms with Crippen molar-refractivity contribution < 1.29 is 36.9 Å². The topological polar surface area (TPSA) is 160 Å². The molecule has 17 heteroatoms. The Morgan fingerprint density at radius 3 is 1.68 bits per heavy atom. The van der Waals surface area contributed by atoms with Crippen LogP contribution in [0.1, 0.15) is 142 Å². The SMILES string of the molecule is CCN(c1ncc(-c2c(C)noc2C)nc1CN1C(=O)O[C@H](c2cc(C)cc(C(F)(F)F)c2)[C@@H]1C)C1CCCCC1.CCN(c1ncc(-c2c(C)noc2C)nc1CO)C1CCCCC1. The van der Waals surface area contributed by atoms with E-state index >= 15 is 0 Å². The Morgan fingerprint density at radius 1 is 0.738 bits per heavy atom. The van der Waals surface area contributed by atoms with E-state index in [4.69, 9.17) is 23.8 Å². The van der Waals surface area contributed by atoms with Crippen LogP contribution in [0.2, 0.25) is 0 Å². The van der Waals surface area contributed by atoms with Gasteiger partial charge < -0.3 is 28.7 Å². The molecule has 65 heavy (non-hydrogen) atoms. The quantitative estimate of drug-likeness (QED) is 0.126.